The standard InChI is InChI=1S/C26H28FNO2/c27-23-16-14-21(15-17-23)26(29)30-28-25-22(18-19-8-3-1-4-9-19)12-7-13-24(25)20-10-5-2-6-11-20/h1,3-4,8-9,14-18,20,24H,2,5-7,10-13H2/b22-18+,28-25+/t24-/m1/s1. The summed E-state index contributed by atoms with van der Waals surface area (Å²) < 4.78 is 13.2. The van der Waals surface area contributed by atoms with Gasteiger partial charge in [0.2, 0.25) is 0 Å². The Hall–Kier alpha value is -2.75. The smallest absolute Gasteiger partial charge is 0.313 e. The first-order valence-corrected chi connectivity index (χ1v) is 11.0. The van der Waals surface area contributed by atoms with Crippen LogP contribution in [0.5, 0.6) is 0 Å². The highest BCUT2D eigenvalue weighted by molar-refractivity contribution is 6.06. The van der Waals surface area contributed by atoms with Crippen LogP contribution in [-0.2, 0) is 4.84 Å². The van der Waals surface area contributed by atoms with Gasteiger partial charge >= 0.3 is 5.97 Å². The summed E-state index contributed by atoms with van der Waals surface area (Å²) >= 11 is 0. The molecule has 0 bridgehead atoms. The van der Waals surface area contributed by atoms with Crippen molar-refractivity contribution in [3.8, 4) is 0 Å². The van der Waals surface area contributed by atoms with Gasteiger partial charge in [-0.1, -0.05) is 54.8 Å². The van der Waals surface area contributed by atoms with Crippen LogP contribution in [-0.4, -0.2) is 11.7 Å². The van der Waals surface area contributed by atoms with Gasteiger partial charge in [0.25, 0.3) is 0 Å². The van der Waals surface area contributed by atoms with E-state index in [-0.39, 0.29) is 5.82 Å². The van der Waals surface area contributed by atoms with Crippen LogP contribution in [0.4, 0.5) is 4.39 Å². The highest BCUT2D eigenvalue weighted by atomic mass is 19.1. The third kappa shape index (κ3) is 5.05. The maximum atomic E-state index is 13.2. The average Bonchev–Trinajstić information content (AvgIpc) is 2.79. The molecule has 4 rings (SSSR count). The molecule has 0 aliphatic heterocycles. The number of allylic oxidation sites excluding steroid dienone is 1. The van der Waals surface area contributed by atoms with Gasteiger partial charge in [0, 0.05) is 5.92 Å². The SMILES string of the molecule is O=C(O/N=C1\C(=C\c2ccccc2)CCC[C@@H]1C1CCCCC1)c1ccc(F)cc1. The Bertz CT molecular complexity index is 912. The van der Waals surface area contributed by atoms with E-state index in [0.29, 0.717) is 17.4 Å². The van der Waals surface area contributed by atoms with Crippen molar-refractivity contribution in [1.82, 2.24) is 0 Å². The van der Waals surface area contributed by atoms with E-state index in [1.807, 2.05) is 18.2 Å². The Morgan fingerprint density at radius 1 is 0.933 bits per heavy atom. The van der Waals surface area contributed by atoms with E-state index in [9.17, 15) is 9.18 Å². The number of carbonyl (C=O) groups excluding carboxylic acids is 1. The van der Waals surface area contributed by atoms with E-state index in [4.69, 9.17) is 4.84 Å². The molecule has 2 aromatic rings. The lowest BCUT2D eigenvalue weighted by atomic mass is 9.71. The minimum atomic E-state index is -0.547. The normalized spacial score (nSPS) is 22.9. The predicted octanol–water partition coefficient (Wildman–Crippen LogP) is 6.80. The molecule has 3 nitrogen and oxygen atoms in total. The molecule has 2 aliphatic carbocycles. The third-order valence-corrected chi connectivity index (χ3v) is 6.31. The van der Waals surface area contributed by atoms with Gasteiger partial charge in [-0.15, -0.1) is 0 Å². The van der Waals surface area contributed by atoms with Crippen molar-refractivity contribution >= 4 is 17.8 Å². The molecule has 2 saturated carbocycles. The Morgan fingerprint density at radius 2 is 1.67 bits per heavy atom. The summed E-state index contributed by atoms with van der Waals surface area (Å²) in [5.74, 6) is 0.00152. The van der Waals surface area contributed by atoms with Crippen molar-refractivity contribution < 1.29 is 14.0 Å². The van der Waals surface area contributed by atoms with Gasteiger partial charge in [0.1, 0.15) is 5.82 Å². The number of hydrogen-bond acceptors (Lipinski definition) is 3. The van der Waals surface area contributed by atoms with Crippen LogP contribution in [0, 0.1) is 17.7 Å². The van der Waals surface area contributed by atoms with Crippen molar-refractivity contribution in [2.45, 2.75) is 51.4 Å². The minimum absolute atomic E-state index is 0.305. The number of nitrogens with zero attached hydrogens (tertiary/aromatic N) is 1. The van der Waals surface area contributed by atoms with Crippen LogP contribution < -0.4 is 0 Å². The van der Waals surface area contributed by atoms with Gasteiger partial charge in [-0.2, -0.15) is 0 Å². The molecular formula is C26H28FNO2. The quantitative estimate of drug-likeness (QED) is 0.414. The van der Waals surface area contributed by atoms with E-state index in [0.717, 1.165) is 36.1 Å². The summed E-state index contributed by atoms with van der Waals surface area (Å²) in [6.45, 7) is 0. The molecule has 2 aromatic carbocycles. The molecule has 0 spiro atoms. The summed E-state index contributed by atoms with van der Waals surface area (Å²) in [5, 5.41) is 4.42. The highest BCUT2D eigenvalue weighted by Crippen LogP contribution is 2.39. The van der Waals surface area contributed by atoms with Crippen LogP contribution in [0.1, 0.15) is 67.3 Å². The Balaban J connectivity index is 1.62. The predicted molar refractivity (Wildman–Crippen MR) is 118 cm³/mol. The van der Waals surface area contributed by atoms with Gasteiger partial charge in [0.05, 0.1) is 11.3 Å². The molecule has 156 valence electrons. The van der Waals surface area contributed by atoms with Gasteiger partial charge in [-0.05, 0) is 79.5 Å². The molecule has 1 atom stereocenters. The summed E-state index contributed by atoms with van der Waals surface area (Å²) in [7, 11) is 0. The molecule has 30 heavy (non-hydrogen) atoms. The van der Waals surface area contributed by atoms with Crippen molar-refractivity contribution in [3.63, 3.8) is 0 Å². The first-order chi connectivity index (χ1) is 14.7. The summed E-state index contributed by atoms with van der Waals surface area (Å²) in [4.78, 5) is 17.9. The maximum absolute atomic E-state index is 13.2. The molecular weight excluding hydrogens is 377 g/mol. The van der Waals surface area contributed by atoms with Crippen LogP contribution in [0.25, 0.3) is 6.08 Å². The number of carbonyl (C=O) groups is 1. The number of benzene rings is 2. The molecule has 0 heterocycles. The third-order valence-electron chi connectivity index (χ3n) is 6.31. The van der Waals surface area contributed by atoms with Crippen molar-refractivity contribution in [2.24, 2.45) is 17.0 Å². The lowest BCUT2D eigenvalue weighted by molar-refractivity contribution is 0.0511. The molecule has 0 saturated heterocycles. The Kier molecular flexibility index (Phi) is 6.73. The zero-order chi connectivity index (χ0) is 20.8. The largest absolute Gasteiger partial charge is 0.365 e. The van der Waals surface area contributed by atoms with E-state index in [2.05, 4.69) is 23.4 Å². The second-order valence-electron chi connectivity index (χ2n) is 8.34. The molecule has 0 aromatic heterocycles. The molecule has 0 unspecified atom stereocenters. The Morgan fingerprint density at radius 3 is 2.40 bits per heavy atom. The highest BCUT2D eigenvalue weighted by Gasteiger charge is 2.33. The van der Waals surface area contributed by atoms with Crippen LogP contribution >= 0.6 is 0 Å². The minimum Gasteiger partial charge on any atom is -0.313 e. The molecule has 0 N–H and O–H groups in total. The molecule has 0 amide bonds. The number of hydrogen-bond donors (Lipinski definition) is 0. The van der Waals surface area contributed by atoms with Gasteiger partial charge < -0.3 is 4.84 Å². The maximum Gasteiger partial charge on any atom is 0.365 e. The van der Waals surface area contributed by atoms with E-state index < -0.39 is 5.97 Å². The number of rotatable bonds is 4. The molecule has 2 aliphatic rings. The molecule has 0 radical (unpaired) electrons. The van der Waals surface area contributed by atoms with Crippen molar-refractivity contribution in [2.75, 3.05) is 0 Å². The first-order valence-electron chi connectivity index (χ1n) is 11.0. The summed E-state index contributed by atoms with van der Waals surface area (Å²) in [6.07, 6.45) is 11.6. The average molecular weight is 406 g/mol. The van der Waals surface area contributed by atoms with Gasteiger partial charge in [0.15, 0.2) is 0 Å². The zero-order valence-corrected chi connectivity index (χ0v) is 17.2. The van der Waals surface area contributed by atoms with E-state index in [1.54, 1.807) is 0 Å². The number of oxime groups is 1. The zero-order valence-electron chi connectivity index (χ0n) is 17.2. The molecule has 4 heteroatoms. The van der Waals surface area contributed by atoms with Crippen LogP contribution in [0.3, 0.4) is 0 Å². The lowest BCUT2D eigenvalue weighted by Crippen LogP contribution is -2.30. The second kappa shape index (κ2) is 9.84. The second-order valence-corrected chi connectivity index (χ2v) is 8.34. The van der Waals surface area contributed by atoms with Crippen molar-refractivity contribution in [1.29, 1.82) is 0 Å². The molecule has 2 fully saturated rings. The van der Waals surface area contributed by atoms with Crippen LogP contribution in [0.2, 0.25) is 0 Å². The number of halogens is 1. The fourth-order valence-corrected chi connectivity index (χ4v) is 4.76. The fourth-order valence-electron chi connectivity index (χ4n) is 4.76. The van der Waals surface area contributed by atoms with Crippen molar-refractivity contribution in [3.05, 3.63) is 77.1 Å². The fraction of sp³-hybridized carbons (Fsp3) is 0.385. The first kappa shape index (κ1) is 20.5. The van der Waals surface area contributed by atoms with Gasteiger partial charge in [-0.3, -0.25) is 0 Å². The summed E-state index contributed by atoms with van der Waals surface area (Å²) in [6, 6.07) is 15.6. The van der Waals surface area contributed by atoms with E-state index >= 15 is 0 Å². The Labute approximate surface area is 177 Å². The monoisotopic (exact) mass is 405 g/mol. The summed E-state index contributed by atoms with van der Waals surface area (Å²) in [5.41, 5.74) is 3.52. The topological polar surface area (TPSA) is 38.7 Å². The van der Waals surface area contributed by atoms with Crippen LogP contribution in [0.15, 0.2) is 65.3 Å². The lowest BCUT2D eigenvalue weighted by Gasteiger charge is -2.34. The van der Waals surface area contributed by atoms with E-state index in [1.165, 1.54) is 56.4 Å². The van der Waals surface area contributed by atoms with Gasteiger partial charge in [-0.25, -0.2) is 9.18 Å².